The second-order valence-electron chi connectivity index (χ2n) is 8.56. The number of nitrogens with one attached hydrogen (secondary N) is 1. The molecule has 35 heavy (non-hydrogen) atoms. The number of esters is 1. The van der Waals surface area contributed by atoms with Gasteiger partial charge in [0.2, 0.25) is 11.8 Å². The zero-order chi connectivity index (χ0) is 24.7. The minimum Gasteiger partial charge on any atom is -0.454 e. The fraction of sp³-hybridized carbons (Fsp3) is 0.231. The summed E-state index contributed by atoms with van der Waals surface area (Å²) in [5.74, 6) is -4.10. The Bertz CT molecular complexity index is 1320. The van der Waals surface area contributed by atoms with Gasteiger partial charge >= 0.3 is 5.97 Å². The van der Waals surface area contributed by atoms with Gasteiger partial charge in [-0.15, -0.1) is 0 Å². The van der Waals surface area contributed by atoms with Crippen molar-refractivity contribution in [1.29, 1.82) is 0 Å². The van der Waals surface area contributed by atoms with Crippen molar-refractivity contribution < 1.29 is 33.5 Å². The maximum atomic E-state index is 13.0. The molecule has 2 aromatic rings. The van der Waals surface area contributed by atoms with Crippen molar-refractivity contribution in [3.8, 4) is 0 Å². The molecule has 1 heterocycles. The molecule has 5 rings (SSSR count). The fourth-order valence-corrected chi connectivity index (χ4v) is 4.78. The summed E-state index contributed by atoms with van der Waals surface area (Å²) >= 11 is 0. The first-order chi connectivity index (χ1) is 16.9. The largest absolute Gasteiger partial charge is 0.454 e. The van der Waals surface area contributed by atoms with Crippen LogP contribution in [0, 0.1) is 11.8 Å². The third kappa shape index (κ3) is 3.84. The Hall–Kier alpha value is -4.40. The molecule has 176 valence electrons. The average Bonchev–Trinajstić information content (AvgIpc) is 3.11. The molecule has 1 aliphatic heterocycles. The summed E-state index contributed by atoms with van der Waals surface area (Å²) in [4.78, 5) is 76.4. The van der Waals surface area contributed by atoms with Crippen LogP contribution in [0.25, 0.3) is 0 Å². The van der Waals surface area contributed by atoms with Crippen LogP contribution in [0.5, 0.6) is 0 Å². The Morgan fingerprint density at radius 3 is 2.09 bits per heavy atom. The SMILES string of the molecule is O=C(COC(=O)CN1C(=O)C2CC=CCC2C1=O)Nc1cccc2c1C(=O)c1ccccc1C2=O. The highest BCUT2D eigenvalue weighted by Crippen LogP contribution is 2.35. The molecule has 9 heteroatoms. The number of allylic oxidation sites excluding steroid dienone is 2. The number of anilines is 1. The van der Waals surface area contributed by atoms with Crippen LogP contribution >= 0.6 is 0 Å². The van der Waals surface area contributed by atoms with Crippen LogP contribution in [0.3, 0.4) is 0 Å². The molecule has 2 aliphatic carbocycles. The highest BCUT2D eigenvalue weighted by Gasteiger charge is 2.47. The van der Waals surface area contributed by atoms with Crippen LogP contribution in [0.15, 0.2) is 54.6 Å². The van der Waals surface area contributed by atoms with E-state index in [2.05, 4.69) is 5.32 Å². The molecule has 0 bridgehead atoms. The second-order valence-corrected chi connectivity index (χ2v) is 8.56. The van der Waals surface area contributed by atoms with Gasteiger partial charge in [0.05, 0.1) is 23.1 Å². The van der Waals surface area contributed by atoms with Gasteiger partial charge in [-0.05, 0) is 18.9 Å². The number of benzene rings is 2. The number of likely N-dealkylation sites (tertiary alicyclic amines) is 1. The summed E-state index contributed by atoms with van der Waals surface area (Å²) in [6, 6.07) is 11.0. The number of rotatable bonds is 5. The van der Waals surface area contributed by atoms with Crippen molar-refractivity contribution in [1.82, 2.24) is 4.90 Å². The van der Waals surface area contributed by atoms with Gasteiger partial charge in [-0.2, -0.15) is 0 Å². The van der Waals surface area contributed by atoms with Crippen molar-refractivity contribution in [2.24, 2.45) is 11.8 Å². The Balaban J connectivity index is 1.23. The number of amides is 3. The first-order valence-electron chi connectivity index (χ1n) is 11.1. The lowest BCUT2D eigenvalue weighted by molar-refractivity contribution is -0.154. The van der Waals surface area contributed by atoms with Gasteiger partial charge in [0.25, 0.3) is 5.91 Å². The van der Waals surface area contributed by atoms with E-state index < -0.39 is 54.5 Å². The van der Waals surface area contributed by atoms with Gasteiger partial charge in [0, 0.05) is 16.7 Å². The third-order valence-electron chi connectivity index (χ3n) is 6.48. The molecule has 2 atom stereocenters. The van der Waals surface area contributed by atoms with E-state index in [0.717, 1.165) is 4.90 Å². The molecule has 3 aliphatic rings. The smallest absolute Gasteiger partial charge is 0.326 e. The third-order valence-corrected chi connectivity index (χ3v) is 6.48. The van der Waals surface area contributed by atoms with Gasteiger partial charge in [0.15, 0.2) is 18.2 Å². The number of fused-ring (bicyclic) bond motifs is 3. The van der Waals surface area contributed by atoms with E-state index in [9.17, 15) is 28.8 Å². The summed E-state index contributed by atoms with van der Waals surface area (Å²) in [7, 11) is 0. The summed E-state index contributed by atoms with van der Waals surface area (Å²) in [6.45, 7) is -1.26. The second kappa shape index (κ2) is 8.75. The molecule has 3 amide bonds. The fourth-order valence-electron chi connectivity index (χ4n) is 4.78. The van der Waals surface area contributed by atoms with Crippen molar-refractivity contribution in [3.63, 3.8) is 0 Å². The summed E-state index contributed by atoms with van der Waals surface area (Å²) in [6.07, 6.45) is 4.60. The first-order valence-corrected chi connectivity index (χ1v) is 11.1. The standard InChI is InChI=1S/C26H20N2O7/c29-20(13-35-21(30)12-28-25(33)16-8-3-4-9-17(16)26(28)34)27-19-11-5-10-18-22(19)24(32)15-7-2-1-6-14(15)23(18)31/h1-7,10-11,16-17H,8-9,12-13H2,(H,27,29). The molecule has 2 unspecified atom stereocenters. The number of nitrogens with zero attached hydrogens (tertiary/aromatic N) is 1. The van der Waals surface area contributed by atoms with Crippen LogP contribution in [-0.4, -0.2) is 53.3 Å². The van der Waals surface area contributed by atoms with E-state index in [1.54, 1.807) is 30.3 Å². The Labute approximate surface area is 199 Å². The molecule has 2 aromatic carbocycles. The molecule has 0 radical (unpaired) electrons. The van der Waals surface area contributed by atoms with Gasteiger partial charge in [-0.3, -0.25) is 33.7 Å². The number of hydrogen-bond donors (Lipinski definition) is 1. The number of hydrogen-bond acceptors (Lipinski definition) is 7. The summed E-state index contributed by atoms with van der Waals surface area (Å²) in [5, 5.41) is 2.51. The molecule has 1 saturated heterocycles. The quantitative estimate of drug-likeness (QED) is 0.341. The number of imide groups is 1. The minimum atomic E-state index is -0.899. The molecule has 0 saturated carbocycles. The Morgan fingerprint density at radius 2 is 1.43 bits per heavy atom. The van der Waals surface area contributed by atoms with Gasteiger partial charge in [-0.25, -0.2) is 0 Å². The highest BCUT2D eigenvalue weighted by atomic mass is 16.5. The van der Waals surface area contributed by atoms with Crippen LogP contribution < -0.4 is 5.32 Å². The Morgan fingerprint density at radius 1 is 0.829 bits per heavy atom. The van der Waals surface area contributed by atoms with E-state index in [1.807, 2.05) is 12.2 Å². The lowest BCUT2D eigenvalue weighted by Gasteiger charge is -2.20. The number of ketones is 2. The number of carbonyl (C=O) groups is 6. The molecule has 1 N–H and O–H groups in total. The average molecular weight is 472 g/mol. The molecular weight excluding hydrogens is 452 g/mol. The van der Waals surface area contributed by atoms with Crippen molar-refractivity contribution in [3.05, 3.63) is 76.9 Å². The van der Waals surface area contributed by atoms with Gasteiger partial charge < -0.3 is 10.1 Å². The first kappa shape index (κ1) is 22.4. The molecule has 1 fully saturated rings. The number of carbonyl (C=O) groups excluding carboxylic acids is 6. The zero-order valence-corrected chi connectivity index (χ0v) is 18.5. The summed E-state index contributed by atoms with van der Waals surface area (Å²) < 4.78 is 4.97. The normalized spacial score (nSPS) is 20.3. The van der Waals surface area contributed by atoms with Crippen molar-refractivity contribution in [2.75, 3.05) is 18.5 Å². The predicted octanol–water partition coefficient (Wildman–Crippen LogP) is 1.89. The lowest BCUT2D eigenvalue weighted by Crippen LogP contribution is -2.37. The lowest BCUT2D eigenvalue weighted by atomic mass is 9.83. The van der Waals surface area contributed by atoms with Crippen molar-refractivity contribution in [2.45, 2.75) is 12.8 Å². The predicted molar refractivity (Wildman–Crippen MR) is 121 cm³/mol. The van der Waals surface area contributed by atoms with Gasteiger partial charge in [0.1, 0.15) is 6.54 Å². The van der Waals surface area contributed by atoms with Crippen LogP contribution in [0.1, 0.15) is 44.7 Å². The van der Waals surface area contributed by atoms with E-state index in [4.69, 9.17) is 4.74 Å². The van der Waals surface area contributed by atoms with Crippen LogP contribution in [-0.2, 0) is 23.9 Å². The van der Waals surface area contributed by atoms with E-state index in [1.165, 1.54) is 12.1 Å². The zero-order valence-electron chi connectivity index (χ0n) is 18.5. The highest BCUT2D eigenvalue weighted by molar-refractivity contribution is 6.30. The molecule has 9 nitrogen and oxygen atoms in total. The van der Waals surface area contributed by atoms with E-state index in [-0.39, 0.29) is 28.2 Å². The minimum absolute atomic E-state index is 0.0698. The summed E-state index contributed by atoms with van der Waals surface area (Å²) in [5.41, 5.74) is 0.904. The van der Waals surface area contributed by atoms with Gasteiger partial charge in [-0.1, -0.05) is 48.6 Å². The van der Waals surface area contributed by atoms with E-state index in [0.29, 0.717) is 18.4 Å². The topological polar surface area (TPSA) is 127 Å². The van der Waals surface area contributed by atoms with Crippen molar-refractivity contribution >= 4 is 40.9 Å². The maximum absolute atomic E-state index is 13.0. The molecular formula is C26H20N2O7. The van der Waals surface area contributed by atoms with Crippen LogP contribution in [0.2, 0.25) is 0 Å². The molecule has 0 spiro atoms. The maximum Gasteiger partial charge on any atom is 0.326 e. The monoisotopic (exact) mass is 472 g/mol. The number of ether oxygens (including phenoxy) is 1. The van der Waals surface area contributed by atoms with E-state index >= 15 is 0 Å². The Kier molecular flexibility index (Phi) is 5.60. The van der Waals surface area contributed by atoms with Crippen LogP contribution in [0.4, 0.5) is 5.69 Å². The molecule has 0 aromatic heterocycles.